The number of likely N-dealkylation sites (N-methyl/N-ethyl adjacent to an activating group) is 1. The van der Waals surface area contributed by atoms with Gasteiger partial charge in [-0.3, -0.25) is 9.10 Å². The van der Waals surface area contributed by atoms with Crippen LogP contribution in [0.3, 0.4) is 0 Å². The van der Waals surface area contributed by atoms with Crippen molar-refractivity contribution in [2.75, 3.05) is 12.8 Å². The lowest BCUT2D eigenvalue weighted by molar-refractivity contribution is -0.125. The summed E-state index contributed by atoms with van der Waals surface area (Å²) in [5, 5.41) is 0. The van der Waals surface area contributed by atoms with E-state index >= 15 is 0 Å². The molecule has 1 heterocycles. The molecule has 0 saturated carbocycles. The third-order valence-corrected chi connectivity index (χ3v) is 2.15. The summed E-state index contributed by atoms with van der Waals surface area (Å²) in [5.41, 5.74) is 5.36. The van der Waals surface area contributed by atoms with E-state index in [1.165, 1.54) is 11.9 Å². The molecule has 46 valence electrons. The summed E-state index contributed by atoms with van der Waals surface area (Å²) in [6, 6.07) is -0.259. The summed E-state index contributed by atoms with van der Waals surface area (Å²) >= 11 is 1.47. The van der Waals surface area contributed by atoms with Crippen LogP contribution in [-0.2, 0) is 4.79 Å². The van der Waals surface area contributed by atoms with Gasteiger partial charge in [0.15, 0.2) is 0 Å². The zero-order valence-corrected chi connectivity index (χ0v) is 5.44. The van der Waals surface area contributed by atoms with E-state index in [2.05, 4.69) is 0 Å². The van der Waals surface area contributed by atoms with E-state index < -0.39 is 0 Å². The Bertz CT molecular complexity index is 105. The van der Waals surface area contributed by atoms with Crippen LogP contribution < -0.4 is 5.73 Å². The minimum atomic E-state index is -0.259. The standard InChI is InChI=1S/C4H8N2OS/c1-6-4(7)3(5)2-8-6/h3H,2,5H2,1H3. The number of amides is 1. The third-order valence-electron chi connectivity index (χ3n) is 1.08. The summed E-state index contributed by atoms with van der Waals surface area (Å²) in [6.45, 7) is 0. The number of nitrogens with zero attached hydrogens (tertiary/aromatic N) is 1. The van der Waals surface area contributed by atoms with Gasteiger partial charge in [0.1, 0.15) is 0 Å². The highest BCUT2D eigenvalue weighted by atomic mass is 32.2. The lowest BCUT2D eigenvalue weighted by Gasteiger charge is -2.03. The molecular formula is C4H8N2OS. The van der Waals surface area contributed by atoms with Crippen molar-refractivity contribution < 1.29 is 4.79 Å². The Morgan fingerprint density at radius 2 is 2.62 bits per heavy atom. The Kier molecular flexibility index (Phi) is 1.44. The molecule has 0 aromatic rings. The first-order valence-electron chi connectivity index (χ1n) is 2.38. The van der Waals surface area contributed by atoms with Crippen LogP contribution in [0.25, 0.3) is 0 Å². The highest BCUT2D eigenvalue weighted by Gasteiger charge is 2.25. The van der Waals surface area contributed by atoms with Crippen molar-refractivity contribution in [1.29, 1.82) is 0 Å². The highest BCUT2D eigenvalue weighted by Crippen LogP contribution is 2.16. The van der Waals surface area contributed by atoms with Crippen LogP contribution in [0.15, 0.2) is 0 Å². The van der Waals surface area contributed by atoms with Gasteiger partial charge in [0, 0.05) is 12.8 Å². The minimum absolute atomic E-state index is 0.0370. The van der Waals surface area contributed by atoms with Gasteiger partial charge in [0.25, 0.3) is 0 Å². The van der Waals surface area contributed by atoms with Crippen LogP contribution in [0.2, 0.25) is 0 Å². The molecule has 0 aliphatic carbocycles. The van der Waals surface area contributed by atoms with Crippen molar-refractivity contribution in [3.63, 3.8) is 0 Å². The van der Waals surface area contributed by atoms with Gasteiger partial charge < -0.3 is 5.73 Å². The molecule has 4 heteroatoms. The Morgan fingerprint density at radius 1 is 2.00 bits per heavy atom. The van der Waals surface area contributed by atoms with Crippen molar-refractivity contribution in [3.05, 3.63) is 0 Å². The van der Waals surface area contributed by atoms with Crippen molar-refractivity contribution in [2.45, 2.75) is 6.04 Å². The predicted octanol–water partition coefficient (Wildman–Crippen LogP) is -0.566. The van der Waals surface area contributed by atoms with Crippen LogP contribution >= 0.6 is 11.9 Å². The molecule has 2 N–H and O–H groups in total. The maximum atomic E-state index is 10.7. The van der Waals surface area contributed by atoms with E-state index in [0.29, 0.717) is 0 Å². The van der Waals surface area contributed by atoms with E-state index in [9.17, 15) is 4.79 Å². The Hall–Kier alpha value is -0.220. The van der Waals surface area contributed by atoms with Gasteiger partial charge in [-0.15, -0.1) is 0 Å². The average molecular weight is 132 g/mol. The molecule has 3 nitrogen and oxygen atoms in total. The lowest BCUT2D eigenvalue weighted by atomic mass is 10.3. The first-order valence-corrected chi connectivity index (χ1v) is 3.32. The van der Waals surface area contributed by atoms with E-state index in [0.717, 1.165) is 5.75 Å². The molecule has 1 aliphatic rings. The zero-order chi connectivity index (χ0) is 6.15. The first kappa shape index (κ1) is 5.91. The molecule has 1 unspecified atom stereocenters. The fraction of sp³-hybridized carbons (Fsp3) is 0.750. The highest BCUT2D eigenvalue weighted by molar-refractivity contribution is 7.98. The molecule has 8 heavy (non-hydrogen) atoms. The SMILES string of the molecule is CN1SCC(N)C1=O. The van der Waals surface area contributed by atoms with Crippen LogP contribution in [0, 0.1) is 0 Å². The molecule has 1 atom stereocenters. The van der Waals surface area contributed by atoms with Crippen molar-refractivity contribution >= 4 is 17.9 Å². The number of hydrogen-bond acceptors (Lipinski definition) is 3. The van der Waals surface area contributed by atoms with Gasteiger partial charge in [0.05, 0.1) is 6.04 Å². The summed E-state index contributed by atoms with van der Waals surface area (Å²) in [4.78, 5) is 10.7. The number of hydrogen-bond donors (Lipinski definition) is 1. The van der Waals surface area contributed by atoms with Gasteiger partial charge in [-0.05, 0) is 11.9 Å². The van der Waals surface area contributed by atoms with Gasteiger partial charge in [0.2, 0.25) is 5.91 Å². The molecule has 1 aliphatic heterocycles. The summed E-state index contributed by atoms with van der Waals surface area (Å²) in [5.74, 6) is 0.769. The number of carbonyl (C=O) groups excluding carboxylic acids is 1. The van der Waals surface area contributed by atoms with Gasteiger partial charge in [-0.1, -0.05) is 0 Å². The molecule has 0 aromatic carbocycles. The molecule has 1 rings (SSSR count). The minimum Gasteiger partial charge on any atom is -0.319 e. The molecule has 0 bridgehead atoms. The number of nitrogens with two attached hydrogens (primary N) is 1. The first-order chi connectivity index (χ1) is 3.72. The normalized spacial score (nSPS) is 29.5. The smallest absolute Gasteiger partial charge is 0.249 e. The Morgan fingerprint density at radius 3 is 2.75 bits per heavy atom. The van der Waals surface area contributed by atoms with E-state index in [1.54, 1.807) is 11.4 Å². The summed E-state index contributed by atoms with van der Waals surface area (Å²) in [7, 11) is 1.74. The second-order valence-electron chi connectivity index (χ2n) is 1.74. The monoisotopic (exact) mass is 132 g/mol. The van der Waals surface area contributed by atoms with Gasteiger partial charge in [-0.25, -0.2) is 0 Å². The molecule has 1 saturated heterocycles. The number of rotatable bonds is 0. The molecule has 1 fully saturated rings. The summed E-state index contributed by atoms with van der Waals surface area (Å²) in [6.07, 6.45) is 0. The molecule has 0 radical (unpaired) electrons. The quantitative estimate of drug-likeness (QED) is 0.449. The van der Waals surface area contributed by atoms with Crippen molar-refractivity contribution in [2.24, 2.45) is 5.73 Å². The fourth-order valence-corrected chi connectivity index (χ4v) is 1.35. The molecule has 0 spiro atoms. The largest absolute Gasteiger partial charge is 0.319 e. The third kappa shape index (κ3) is 0.809. The topological polar surface area (TPSA) is 46.3 Å². The lowest BCUT2D eigenvalue weighted by Crippen LogP contribution is -2.32. The molecule has 0 aromatic heterocycles. The van der Waals surface area contributed by atoms with Gasteiger partial charge >= 0.3 is 0 Å². The molecule has 1 amide bonds. The van der Waals surface area contributed by atoms with E-state index in [4.69, 9.17) is 5.73 Å². The maximum Gasteiger partial charge on any atom is 0.249 e. The Labute approximate surface area is 52.3 Å². The van der Waals surface area contributed by atoms with Gasteiger partial charge in [-0.2, -0.15) is 0 Å². The van der Waals surface area contributed by atoms with Crippen LogP contribution in [0.4, 0.5) is 0 Å². The maximum absolute atomic E-state index is 10.7. The zero-order valence-electron chi connectivity index (χ0n) is 4.63. The van der Waals surface area contributed by atoms with E-state index in [1.807, 2.05) is 0 Å². The predicted molar refractivity (Wildman–Crippen MR) is 33.2 cm³/mol. The van der Waals surface area contributed by atoms with Crippen LogP contribution in [0.1, 0.15) is 0 Å². The van der Waals surface area contributed by atoms with Crippen molar-refractivity contribution in [3.8, 4) is 0 Å². The van der Waals surface area contributed by atoms with Crippen LogP contribution in [0.5, 0.6) is 0 Å². The second kappa shape index (κ2) is 1.95. The summed E-state index contributed by atoms with van der Waals surface area (Å²) < 4.78 is 1.57. The fourth-order valence-electron chi connectivity index (χ4n) is 0.561. The van der Waals surface area contributed by atoms with E-state index in [-0.39, 0.29) is 11.9 Å². The molecular weight excluding hydrogens is 124 g/mol. The van der Waals surface area contributed by atoms with Crippen LogP contribution in [-0.4, -0.2) is 29.1 Å². The van der Waals surface area contributed by atoms with Crippen molar-refractivity contribution in [1.82, 2.24) is 4.31 Å². The second-order valence-corrected chi connectivity index (χ2v) is 2.88. The number of carbonyl (C=O) groups is 1. The average Bonchev–Trinajstić information content (AvgIpc) is 1.98. The Balaban J connectivity index is 2.57.